The highest BCUT2D eigenvalue weighted by atomic mass is 16.5. The molecule has 1 aromatic heterocycles. The number of benzene rings is 2. The Morgan fingerprint density at radius 1 is 1.11 bits per heavy atom. The fraction of sp³-hybridized carbons (Fsp3) is 0.190. The van der Waals surface area contributed by atoms with Gasteiger partial charge in [-0.15, -0.1) is 0 Å². The number of hydrogen-bond acceptors (Lipinski definition) is 6. The summed E-state index contributed by atoms with van der Waals surface area (Å²) in [5, 5.41) is 3.37. The number of para-hydroxylation sites is 1. The van der Waals surface area contributed by atoms with Crippen molar-refractivity contribution in [3.63, 3.8) is 0 Å². The number of methoxy groups -OCH3 is 1. The van der Waals surface area contributed by atoms with Crippen molar-refractivity contribution in [2.24, 2.45) is 0 Å². The third kappa shape index (κ3) is 4.37. The van der Waals surface area contributed by atoms with Crippen molar-refractivity contribution >= 4 is 34.5 Å². The lowest BCUT2D eigenvalue weighted by atomic mass is 10.1. The molecule has 1 heterocycles. The van der Waals surface area contributed by atoms with E-state index >= 15 is 0 Å². The minimum atomic E-state index is -0.574. The lowest BCUT2D eigenvalue weighted by molar-refractivity contribution is -0.146. The zero-order valence-electron chi connectivity index (χ0n) is 15.5. The van der Waals surface area contributed by atoms with E-state index in [0.717, 1.165) is 10.9 Å². The number of amides is 1. The molecular weight excluding hydrogens is 362 g/mol. The van der Waals surface area contributed by atoms with Crippen LogP contribution in [0.2, 0.25) is 0 Å². The van der Waals surface area contributed by atoms with Gasteiger partial charge in [0.05, 0.1) is 31.0 Å². The average Bonchev–Trinajstić information content (AvgIpc) is 3.08. The van der Waals surface area contributed by atoms with Gasteiger partial charge in [-0.2, -0.15) is 0 Å². The maximum Gasteiger partial charge on any atom is 0.339 e. The van der Waals surface area contributed by atoms with Crippen molar-refractivity contribution in [2.75, 3.05) is 19.0 Å². The molecule has 0 aliphatic carbocycles. The summed E-state index contributed by atoms with van der Waals surface area (Å²) in [7, 11) is 1.25. The summed E-state index contributed by atoms with van der Waals surface area (Å²) in [6.07, 6.45) is 1.50. The minimum Gasteiger partial charge on any atom is -0.465 e. The molecule has 0 aliphatic rings. The molecule has 0 atom stereocenters. The molecule has 144 valence electrons. The molecule has 0 bridgehead atoms. The first-order valence-corrected chi connectivity index (χ1v) is 8.57. The van der Waals surface area contributed by atoms with Gasteiger partial charge in [-0.05, 0) is 30.7 Å². The molecule has 2 aromatic carbocycles. The first-order valence-electron chi connectivity index (χ1n) is 8.57. The maximum atomic E-state index is 12.1. The second-order valence-electron chi connectivity index (χ2n) is 6.18. The fourth-order valence-electron chi connectivity index (χ4n) is 2.75. The Balaban J connectivity index is 1.57. The Morgan fingerprint density at radius 3 is 2.68 bits per heavy atom. The van der Waals surface area contributed by atoms with Crippen molar-refractivity contribution in [2.45, 2.75) is 13.3 Å². The molecule has 3 aromatic rings. The summed E-state index contributed by atoms with van der Waals surface area (Å²) >= 11 is 0. The third-order valence-corrected chi connectivity index (χ3v) is 4.12. The summed E-state index contributed by atoms with van der Waals surface area (Å²) in [6, 6.07) is 12.1. The fourth-order valence-corrected chi connectivity index (χ4v) is 2.75. The SMILES string of the molecule is COC(=O)c1ccccc1NC(=O)COC(=O)Cc1coc2cc(C)ccc12. The van der Waals surface area contributed by atoms with E-state index in [1.165, 1.54) is 19.4 Å². The van der Waals surface area contributed by atoms with Gasteiger partial charge in [0.2, 0.25) is 0 Å². The predicted octanol–water partition coefficient (Wildman–Crippen LogP) is 3.25. The molecule has 1 amide bonds. The monoisotopic (exact) mass is 381 g/mol. The van der Waals surface area contributed by atoms with Gasteiger partial charge >= 0.3 is 11.9 Å². The van der Waals surface area contributed by atoms with Crippen LogP contribution >= 0.6 is 0 Å². The Labute approximate surface area is 161 Å². The molecule has 0 fully saturated rings. The summed E-state index contributed by atoms with van der Waals surface area (Å²) < 4.78 is 15.2. The molecule has 0 saturated carbocycles. The van der Waals surface area contributed by atoms with E-state index in [0.29, 0.717) is 11.1 Å². The number of anilines is 1. The number of hydrogen-bond donors (Lipinski definition) is 1. The van der Waals surface area contributed by atoms with Gasteiger partial charge in [-0.3, -0.25) is 9.59 Å². The van der Waals surface area contributed by atoms with Gasteiger partial charge in [0.25, 0.3) is 5.91 Å². The van der Waals surface area contributed by atoms with Gasteiger partial charge in [0.1, 0.15) is 5.58 Å². The number of furan rings is 1. The van der Waals surface area contributed by atoms with Crippen LogP contribution in [0.15, 0.2) is 53.1 Å². The van der Waals surface area contributed by atoms with Crippen LogP contribution in [0.4, 0.5) is 5.69 Å². The number of esters is 2. The maximum absolute atomic E-state index is 12.1. The molecule has 0 aliphatic heterocycles. The largest absolute Gasteiger partial charge is 0.465 e. The quantitative estimate of drug-likeness (QED) is 0.659. The molecule has 0 spiro atoms. The van der Waals surface area contributed by atoms with Gasteiger partial charge in [0.15, 0.2) is 6.61 Å². The van der Waals surface area contributed by atoms with Crippen LogP contribution in [0, 0.1) is 6.92 Å². The zero-order chi connectivity index (χ0) is 20.1. The standard InChI is InChI=1S/C21H19NO6/c1-13-7-8-15-14(11-27-18(15)9-13)10-20(24)28-12-19(23)22-17-6-4-3-5-16(17)21(25)26-2/h3-9,11H,10,12H2,1-2H3,(H,22,23). The van der Waals surface area contributed by atoms with Crippen LogP contribution in [-0.4, -0.2) is 31.6 Å². The number of carbonyl (C=O) groups is 3. The molecule has 28 heavy (non-hydrogen) atoms. The Morgan fingerprint density at radius 2 is 1.89 bits per heavy atom. The molecule has 7 nitrogen and oxygen atoms in total. The van der Waals surface area contributed by atoms with Gasteiger partial charge in [0, 0.05) is 10.9 Å². The summed E-state index contributed by atoms with van der Waals surface area (Å²) in [5.74, 6) is -1.69. The molecule has 3 rings (SSSR count). The van der Waals surface area contributed by atoms with Gasteiger partial charge in [-0.25, -0.2) is 4.79 Å². The Hall–Kier alpha value is -3.61. The molecule has 0 saturated heterocycles. The highest BCUT2D eigenvalue weighted by molar-refractivity contribution is 6.01. The molecular formula is C21H19NO6. The van der Waals surface area contributed by atoms with E-state index in [1.807, 2.05) is 25.1 Å². The van der Waals surface area contributed by atoms with E-state index in [2.05, 4.69) is 10.1 Å². The molecule has 0 unspecified atom stereocenters. The number of fused-ring (bicyclic) bond motifs is 1. The van der Waals surface area contributed by atoms with E-state index < -0.39 is 24.5 Å². The van der Waals surface area contributed by atoms with Crippen LogP contribution in [0.5, 0.6) is 0 Å². The Bertz CT molecular complexity index is 1040. The van der Waals surface area contributed by atoms with Crippen LogP contribution in [0.3, 0.4) is 0 Å². The smallest absolute Gasteiger partial charge is 0.339 e. The van der Waals surface area contributed by atoms with Crippen LogP contribution in [-0.2, 0) is 25.5 Å². The average molecular weight is 381 g/mol. The lowest BCUT2D eigenvalue weighted by Gasteiger charge is -2.10. The summed E-state index contributed by atoms with van der Waals surface area (Å²) in [5.41, 5.74) is 2.94. The molecule has 7 heteroatoms. The van der Waals surface area contributed by atoms with Crippen LogP contribution in [0.1, 0.15) is 21.5 Å². The topological polar surface area (TPSA) is 94.8 Å². The van der Waals surface area contributed by atoms with E-state index in [4.69, 9.17) is 9.15 Å². The first-order chi connectivity index (χ1) is 13.5. The van der Waals surface area contributed by atoms with Gasteiger partial charge < -0.3 is 19.2 Å². The second-order valence-corrected chi connectivity index (χ2v) is 6.18. The van der Waals surface area contributed by atoms with E-state index in [1.54, 1.807) is 18.2 Å². The second kappa shape index (κ2) is 8.39. The van der Waals surface area contributed by atoms with Crippen molar-refractivity contribution in [1.82, 2.24) is 0 Å². The van der Waals surface area contributed by atoms with Gasteiger partial charge in [-0.1, -0.05) is 24.3 Å². The van der Waals surface area contributed by atoms with Crippen molar-refractivity contribution in [1.29, 1.82) is 0 Å². The minimum absolute atomic E-state index is 0.0118. The van der Waals surface area contributed by atoms with E-state index in [9.17, 15) is 14.4 Å². The summed E-state index contributed by atoms with van der Waals surface area (Å²) in [4.78, 5) is 35.9. The van der Waals surface area contributed by atoms with Crippen molar-refractivity contribution in [3.8, 4) is 0 Å². The van der Waals surface area contributed by atoms with Crippen molar-refractivity contribution < 1.29 is 28.3 Å². The number of ether oxygens (including phenoxy) is 2. The van der Waals surface area contributed by atoms with Crippen molar-refractivity contribution in [3.05, 3.63) is 65.4 Å². The molecule has 1 N–H and O–H groups in total. The summed E-state index contributed by atoms with van der Waals surface area (Å²) in [6.45, 7) is 1.48. The highest BCUT2D eigenvalue weighted by Gasteiger charge is 2.16. The highest BCUT2D eigenvalue weighted by Crippen LogP contribution is 2.23. The lowest BCUT2D eigenvalue weighted by Crippen LogP contribution is -2.22. The third-order valence-electron chi connectivity index (χ3n) is 4.12. The number of aryl methyl sites for hydroxylation is 1. The normalized spacial score (nSPS) is 10.5. The number of nitrogens with one attached hydrogen (secondary N) is 1. The van der Waals surface area contributed by atoms with E-state index in [-0.39, 0.29) is 17.7 Å². The molecule has 0 radical (unpaired) electrons. The number of carbonyl (C=O) groups excluding carboxylic acids is 3. The zero-order valence-corrected chi connectivity index (χ0v) is 15.5. The van der Waals surface area contributed by atoms with Crippen LogP contribution in [0.25, 0.3) is 11.0 Å². The van der Waals surface area contributed by atoms with Crippen LogP contribution < -0.4 is 5.32 Å². The number of rotatable bonds is 6. The first kappa shape index (κ1) is 19.2. The predicted molar refractivity (Wildman–Crippen MR) is 102 cm³/mol. The Kier molecular flexibility index (Phi) is 5.74.